The fourth-order valence-electron chi connectivity index (χ4n) is 1.27. The molecule has 0 aliphatic carbocycles. The minimum Gasteiger partial charge on any atom is -0.479 e. The molecule has 0 bridgehead atoms. The highest BCUT2D eigenvalue weighted by atomic mass is 16.7. The molecule has 0 radical (unpaired) electrons. The topological polar surface area (TPSA) is 75.6 Å². The molecule has 0 aliphatic rings. The molecule has 1 unspecified atom stereocenters. The minimum absolute atomic E-state index is 0.352. The summed E-state index contributed by atoms with van der Waals surface area (Å²) >= 11 is 0. The molecule has 17 heavy (non-hydrogen) atoms. The molecule has 0 heterocycles. The van der Waals surface area contributed by atoms with E-state index < -0.39 is 18.0 Å². The molecular weight excluding hydrogens is 222 g/mol. The highest BCUT2D eigenvalue weighted by Crippen LogP contribution is 2.02. The van der Waals surface area contributed by atoms with Crippen molar-refractivity contribution >= 4 is 11.9 Å². The molecule has 0 aromatic heterocycles. The summed E-state index contributed by atoms with van der Waals surface area (Å²) in [4.78, 5) is 27.2. The minimum atomic E-state index is -1.08. The second kappa shape index (κ2) is 6.65. The van der Waals surface area contributed by atoms with E-state index in [4.69, 9.17) is 9.94 Å². The molecule has 5 nitrogen and oxygen atoms in total. The van der Waals surface area contributed by atoms with Gasteiger partial charge in [-0.3, -0.25) is 9.63 Å². The summed E-state index contributed by atoms with van der Waals surface area (Å²) in [6.07, 6.45) is 0.00965. The van der Waals surface area contributed by atoms with Gasteiger partial charge in [-0.1, -0.05) is 31.5 Å². The van der Waals surface area contributed by atoms with E-state index in [0.29, 0.717) is 18.4 Å². The highest BCUT2D eigenvalue weighted by molar-refractivity contribution is 5.93. The molecule has 1 aromatic carbocycles. The van der Waals surface area contributed by atoms with Gasteiger partial charge in [-0.05, 0) is 18.6 Å². The van der Waals surface area contributed by atoms with E-state index >= 15 is 0 Å². The van der Waals surface area contributed by atoms with Crippen molar-refractivity contribution in [1.82, 2.24) is 5.48 Å². The van der Waals surface area contributed by atoms with Crippen molar-refractivity contribution in [3.63, 3.8) is 0 Å². The Hall–Kier alpha value is -1.88. The van der Waals surface area contributed by atoms with E-state index in [2.05, 4.69) is 5.48 Å². The number of benzene rings is 1. The standard InChI is InChI=1S/C12H15NO4/c1-2-6-10(12(15)16)17-13-11(14)9-7-4-3-5-8-9/h3-5,7-8,10H,2,6H2,1H3,(H,13,14)(H,15,16). The summed E-state index contributed by atoms with van der Waals surface area (Å²) in [7, 11) is 0. The maximum atomic E-state index is 11.5. The second-order valence-electron chi connectivity index (χ2n) is 3.53. The second-order valence-corrected chi connectivity index (χ2v) is 3.53. The van der Waals surface area contributed by atoms with Crippen LogP contribution in [0.2, 0.25) is 0 Å². The lowest BCUT2D eigenvalue weighted by molar-refractivity contribution is -0.154. The Labute approximate surface area is 99.4 Å². The van der Waals surface area contributed by atoms with Crippen molar-refractivity contribution in [3.05, 3.63) is 35.9 Å². The third-order valence-corrected chi connectivity index (χ3v) is 2.16. The van der Waals surface area contributed by atoms with Gasteiger partial charge in [-0.15, -0.1) is 0 Å². The number of carboxylic acid groups (broad SMARTS) is 1. The quantitative estimate of drug-likeness (QED) is 0.737. The fourth-order valence-corrected chi connectivity index (χ4v) is 1.27. The molecule has 0 aliphatic heterocycles. The van der Waals surface area contributed by atoms with E-state index in [1.54, 1.807) is 30.3 Å². The molecule has 1 atom stereocenters. The first-order valence-electron chi connectivity index (χ1n) is 5.39. The van der Waals surface area contributed by atoms with Gasteiger partial charge in [0.05, 0.1) is 0 Å². The van der Waals surface area contributed by atoms with Gasteiger partial charge in [0.1, 0.15) is 0 Å². The predicted octanol–water partition coefficient (Wildman–Crippen LogP) is 1.60. The number of hydrogen-bond acceptors (Lipinski definition) is 3. The van der Waals surface area contributed by atoms with E-state index in [9.17, 15) is 9.59 Å². The van der Waals surface area contributed by atoms with Crippen LogP contribution in [0.3, 0.4) is 0 Å². The molecule has 0 saturated carbocycles. The number of amides is 1. The first-order valence-corrected chi connectivity index (χ1v) is 5.39. The number of rotatable bonds is 6. The molecule has 0 fully saturated rings. The van der Waals surface area contributed by atoms with Crippen LogP contribution in [0, 0.1) is 0 Å². The average molecular weight is 237 g/mol. The van der Waals surface area contributed by atoms with Gasteiger partial charge in [0, 0.05) is 5.56 Å². The summed E-state index contributed by atoms with van der Waals surface area (Å²) in [5.74, 6) is -1.53. The number of nitrogens with one attached hydrogen (secondary N) is 1. The monoisotopic (exact) mass is 237 g/mol. The Bertz CT molecular complexity index is 377. The number of carbonyl (C=O) groups excluding carboxylic acids is 1. The van der Waals surface area contributed by atoms with Crippen LogP contribution < -0.4 is 5.48 Å². The van der Waals surface area contributed by atoms with Crippen molar-refractivity contribution in [2.45, 2.75) is 25.9 Å². The number of carboxylic acids is 1. The number of hydrogen-bond donors (Lipinski definition) is 2. The third-order valence-electron chi connectivity index (χ3n) is 2.16. The van der Waals surface area contributed by atoms with Crippen LogP contribution in [0.1, 0.15) is 30.1 Å². The molecule has 92 valence electrons. The van der Waals surface area contributed by atoms with Crippen LogP contribution >= 0.6 is 0 Å². The summed E-state index contributed by atoms with van der Waals surface area (Å²) in [6.45, 7) is 1.85. The summed E-state index contributed by atoms with van der Waals surface area (Å²) in [5, 5.41) is 8.81. The first kappa shape index (κ1) is 13.2. The third kappa shape index (κ3) is 4.24. The van der Waals surface area contributed by atoms with Crippen molar-refractivity contribution in [2.24, 2.45) is 0 Å². The van der Waals surface area contributed by atoms with Crippen LogP contribution in [0.5, 0.6) is 0 Å². The van der Waals surface area contributed by atoms with Crippen molar-refractivity contribution < 1.29 is 19.5 Å². The number of hydroxylamine groups is 1. The zero-order valence-electron chi connectivity index (χ0n) is 9.55. The molecule has 1 amide bonds. The molecule has 1 rings (SSSR count). The molecule has 0 spiro atoms. The smallest absolute Gasteiger partial charge is 0.335 e. The maximum absolute atomic E-state index is 11.5. The van der Waals surface area contributed by atoms with E-state index in [1.165, 1.54) is 0 Å². The Balaban J connectivity index is 2.49. The fraction of sp³-hybridized carbons (Fsp3) is 0.333. The van der Waals surface area contributed by atoms with Gasteiger partial charge >= 0.3 is 5.97 Å². The van der Waals surface area contributed by atoms with Crippen LogP contribution in [0.25, 0.3) is 0 Å². The van der Waals surface area contributed by atoms with Crippen LogP contribution in [0.4, 0.5) is 0 Å². The highest BCUT2D eigenvalue weighted by Gasteiger charge is 2.18. The Kier molecular flexibility index (Phi) is 5.16. The van der Waals surface area contributed by atoms with E-state index in [1.807, 2.05) is 6.92 Å². The van der Waals surface area contributed by atoms with Crippen molar-refractivity contribution in [3.8, 4) is 0 Å². The summed E-state index contributed by atoms with van der Waals surface area (Å²) in [6, 6.07) is 8.46. The van der Waals surface area contributed by atoms with Gasteiger partial charge in [0.25, 0.3) is 5.91 Å². The van der Waals surface area contributed by atoms with E-state index in [0.717, 1.165) is 0 Å². The zero-order valence-corrected chi connectivity index (χ0v) is 9.55. The Morgan fingerprint density at radius 3 is 2.53 bits per heavy atom. The molecular formula is C12H15NO4. The SMILES string of the molecule is CCCC(ONC(=O)c1ccccc1)C(=O)O. The Morgan fingerprint density at radius 1 is 1.35 bits per heavy atom. The summed E-state index contributed by atoms with van der Waals surface area (Å²) in [5.41, 5.74) is 2.57. The maximum Gasteiger partial charge on any atom is 0.335 e. The molecule has 0 saturated heterocycles. The lowest BCUT2D eigenvalue weighted by Crippen LogP contribution is -2.34. The zero-order chi connectivity index (χ0) is 12.7. The summed E-state index contributed by atoms with van der Waals surface area (Å²) < 4.78 is 0. The van der Waals surface area contributed by atoms with Crippen LogP contribution in [0.15, 0.2) is 30.3 Å². The Morgan fingerprint density at radius 2 is 2.00 bits per heavy atom. The molecule has 1 aromatic rings. The molecule has 2 N–H and O–H groups in total. The number of aliphatic carboxylic acids is 1. The largest absolute Gasteiger partial charge is 0.479 e. The van der Waals surface area contributed by atoms with Gasteiger partial charge in [0.15, 0.2) is 6.10 Å². The van der Waals surface area contributed by atoms with Gasteiger partial charge in [0.2, 0.25) is 0 Å². The lowest BCUT2D eigenvalue weighted by atomic mass is 10.2. The van der Waals surface area contributed by atoms with Crippen LogP contribution in [-0.2, 0) is 9.63 Å². The lowest BCUT2D eigenvalue weighted by Gasteiger charge is -2.12. The first-order chi connectivity index (χ1) is 8.15. The van der Waals surface area contributed by atoms with Crippen molar-refractivity contribution in [2.75, 3.05) is 0 Å². The molecule has 5 heteroatoms. The van der Waals surface area contributed by atoms with Crippen molar-refractivity contribution in [1.29, 1.82) is 0 Å². The normalized spacial score (nSPS) is 11.8. The number of carbonyl (C=O) groups is 2. The van der Waals surface area contributed by atoms with Crippen LogP contribution in [-0.4, -0.2) is 23.1 Å². The van der Waals surface area contributed by atoms with Gasteiger partial charge in [-0.2, -0.15) is 0 Å². The van der Waals surface area contributed by atoms with Gasteiger partial charge < -0.3 is 5.11 Å². The van der Waals surface area contributed by atoms with Gasteiger partial charge in [-0.25, -0.2) is 10.3 Å². The predicted molar refractivity (Wildman–Crippen MR) is 61.3 cm³/mol. The van der Waals surface area contributed by atoms with E-state index in [-0.39, 0.29) is 0 Å². The average Bonchev–Trinajstić information content (AvgIpc) is 2.34.